The molecule has 4 aromatic heterocycles. The zero-order valence-corrected chi connectivity index (χ0v) is 46.3. The van der Waals surface area contributed by atoms with Gasteiger partial charge in [0, 0.05) is 11.8 Å². The highest BCUT2D eigenvalue weighted by atomic mass is 31.2. The smallest absolute Gasteiger partial charge is 0.445 e. The van der Waals surface area contributed by atoms with Crippen molar-refractivity contribution in [3.05, 3.63) is 69.3 Å². The van der Waals surface area contributed by atoms with Gasteiger partial charge in [-0.25, -0.2) is 19.3 Å². The predicted molar refractivity (Wildman–Crippen MR) is 274 cm³/mol. The highest BCUT2D eigenvalue weighted by Crippen LogP contribution is 2.55. The zero-order chi connectivity index (χ0) is 56.1. The summed E-state index contributed by atoms with van der Waals surface area (Å²) >= 11 is 0. The molecule has 7 N–H and O–H groups in total. The summed E-state index contributed by atoms with van der Waals surface area (Å²) in [6, 6.07) is 8.99. The highest BCUT2D eigenvalue weighted by molar-refractivity contribution is 7.48. The molecule has 29 nitrogen and oxygen atoms in total. The van der Waals surface area contributed by atoms with E-state index in [0.29, 0.717) is 5.56 Å². The summed E-state index contributed by atoms with van der Waals surface area (Å²) in [6.07, 6.45) is -9.42. The summed E-state index contributed by atoms with van der Waals surface area (Å²) in [7, 11) is -12.0. The monoisotopic (exact) mass is 1130 g/mol. The number of H-pyrrole nitrogens is 2. The number of carbonyl (C=O) groups excluding carboxylic acids is 3. The van der Waals surface area contributed by atoms with Crippen molar-refractivity contribution in [2.75, 3.05) is 30.5 Å². The molecule has 2 fully saturated rings. The number of aromatic amines is 2. The SMILES string of the molecule is CC(C)C(=O)Nc1nc2c(ncn2[C@@H]2O[C@H](COP(=O)(OCCC#N)O[C@H]3[C@@H](O[Si](C)(C)C(C)(C)C)[C@H](n4cnc5c(=O)[nH]c(NC(=O)C(C)C)nc54)O[C@@H]3CO)[C@@H](O[PH](=O)O)[C@H]2NC(=O)OCc2ccccc2)c(=O)[nH]1. The molecule has 0 spiro atoms. The zero-order valence-electron chi connectivity index (χ0n) is 43.4. The number of aromatic nitrogens is 8. The molecule has 77 heavy (non-hydrogen) atoms. The van der Waals surface area contributed by atoms with Crippen molar-refractivity contribution in [1.29, 1.82) is 5.26 Å². The van der Waals surface area contributed by atoms with Gasteiger partial charge in [0.05, 0.1) is 45.0 Å². The van der Waals surface area contributed by atoms with Gasteiger partial charge in [0.2, 0.25) is 23.7 Å². The number of anilines is 2. The Morgan fingerprint density at radius 1 is 0.883 bits per heavy atom. The molecule has 7 rings (SSSR count). The standard InChI is InChI=1S/C45H62N12O17P2Si/c1-23(2)36(59)52-42-50-34-29(38(61)54-42)47-21-56(34)40-28(49-44(63)67-19-25-14-11-10-12-15-25)31(72-75(64)65)27(71-40)20-69-76(66,68-17-13-16-46)73-32-26(18-58)70-41(33(32)74-77(8,9)45(5,6)7)57-22-48-30-35(57)51-43(55-39(30)62)53-37(60)24(3)4/h10-12,14-15,21-24,26-28,31-33,40-41,58,75H,13,17-20H2,1-9H3,(H,49,63)(H,64,65)(H2,50,52,54,59,61)(H2,51,53,55,60,62)/t26-,27-,28-,31-,32-,33-,40-,41-,76?/m1/s1. The molecule has 0 aliphatic carbocycles. The number of phosphoric ester groups is 1. The molecule has 32 heteroatoms. The Kier molecular flexibility index (Phi) is 18.5. The largest absolute Gasteiger partial charge is 0.475 e. The van der Waals surface area contributed by atoms with E-state index in [0.717, 1.165) is 6.33 Å². The average molecular weight is 1130 g/mol. The second-order valence-corrected chi connectivity index (χ2v) is 27.2. The van der Waals surface area contributed by atoms with Crippen LogP contribution in [-0.4, -0.2) is 132 Å². The fourth-order valence-electron chi connectivity index (χ4n) is 7.76. The Labute approximate surface area is 441 Å². The Balaban J connectivity index is 1.26. The first-order valence-corrected chi connectivity index (χ1v) is 29.9. The maximum Gasteiger partial charge on any atom is 0.475 e. The summed E-state index contributed by atoms with van der Waals surface area (Å²) in [5, 5.41) is 27.6. The van der Waals surface area contributed by atoms with Crippen molar-refractivity contribution in [2.45, 2.75) is 129 Å². The van der Waals surface area contributed by atoms with Gasteiger partial charge in [-0.1, -0.05) is 78.8 Å². The topological polar surface area (TPSA) is 387 Å². The quantitative estimate of drug-likeness (QED) is 0.0291. The van der Waals surface area contributed by atoms with Gasteiger partial charge in [-0.05, 0) is 23.7 Å². The lowest BCUT2D eigenvalue weighted by Gasteiger charge is -2.40. The van der Waals surface area contributed by atoms with Crippen LogP contribution in [0.4, 0.5) is 16.7 Å². The van der Waals surface area contributed by atoms with Gasteiger partial charge < -0.3 is 38.5 Å². The molecule has 2 saturated heterocycles. The van der Waals surface area contributed by atoms with Crippen molar-refractivity contribution in [3.63, 3.8) is 0 Å². The number of nitrogens with one attached hydrogen (secondary N) is 5. The second kappa shape index (κ2) is 24.3. The number of ether oxygens (including phenoxy) is 3. The first-order valence-electron chi connectivity index (χ1n) is 24.3. The van der Waals surface area contributed by atoms with Gasteiger partial charge in [0.25, 0.3) is 11.1 Å². The third-order valence-corrected chi connectivity index (χ3v) is 19.2. The molecule has 0 saturated carbocycles. The molecule has 418 valence electrons. The molecular weight excluding hydrogens is 1070 g/mol. The maximum absolute atomic E-state index is 15.3. The molecule has 2 unspecified atom stereocenters. The minimum absolute atomic E-state index is 0.0695. The number of aliphatic hydroxyl groups excluding tert-OH is 1. The van der Waals surface area contributed by atoms with Crippen molar-refractivity contribution in [3.8, 4) is 6.07 Å². The number of rotatable bonds is 22. The molecule has 0 radical (unpaired) electrons. The average Bonchev–Trinajstić information content (AvgIpc) is 4.15. The minimum Gasteiger partial charge on any atom is -0.445 e. The lowest BCUT2D eigenvalue weighted by atomic mass is 10.1. The second-order valence-electron chi connectivity index (χ2n) is 20.1. The fourth-order valence-corrected chi connectivity index (χ4v) is 11.0. The number of hydrogen-bond acceptors (Lipinski definition) is 21. The third kappa shape index (κ3) is 13.6. The fraction of sp³-hybridized carbons (Fsp3) is 0.556. The van der Waals surface area contributed by atoms with Gasteiger partial charge in [0.15, 0.2) is 43.1 Å². The van der Waals surface area contributed by atoms with Crippen molar-refractivity contribution in [1.82, 2.24) is 44.4 Å². The molecule has 2 aliphatic heterocycles. The van der Waals surface area contributed by atoms with E-state index in [-0.39, 0.29) is 47.3 Å². The third-order valence-electron chi connectivity index (χ3n) is 12.8. The first kappa shape index (κ1) is 58.6. The number of nitriles is 1. The lowest BCUT2D eigenvalue weighted by molar-refractivity contribution is -0.119. The van der Waals surface area contributed by atoms with Gasteiger partial charge >= 0.3 is 22.2 Å². The van der Waals surface area contributed by atoms with Crippen LogP contribution in [0.2, 0.25) is 18.1 Å². The van der Waals surface area contributed by atoms with Crippen LogP contribution in [0.5, 0.6) is 0 Å². The van der Waals surface area contributed by atoms with E-state index in [1.807, 2.05) is 39.9 Å². The number of hydrogen-bond donors (Lipinski definition) is 7. The number of phosphoric acid groups is 1. The molecule has 6 heterocycles. The van der Waals surface area contributed by atoms with Crippen LogP contribution in [0.25, 0.3) is 22.3 Å². The summed E-state index contributed by atoms with van der Waals surface area (Å²) in [5.41, 5.74) is -1.53. The molecule has 0 bridgehead atoms. The lowest BCUT2D eigenvalue weighted by Crippen LogP contribution is -2.49. The summed E-state index contributed by atoms with van der Waals surface area (Å²) in [6.45, 7) is 13.8. The van der Waals surface area contributed by atoms with Gasteiger partial charge in [-0.15, -0.1) is 0 Å². The van der Waals surface area contributed by atoms with E-state index in [1.165, 1.54) is 15.5 Å². The Hall–Kier alpha value is -6.06. The number of fused-ring (bicyclic) bond motifs is 2. The first-order chi connectivity index (χ1) is 36.3. The van der Waals surface area contributed by atoms with Crippen molar-refractivity contribution < 1.29 is 70.2 Å². The summed E-state index contributed by atoms with van der Waals surface area (Å²) in [5.74, 6) is -2.41. The number of alkyl carbamates (subject to hydrolysis) is 1. The van der Waals surface area contributed by atoms with Crippen LogP contribution in [0.1, 0.15) is 72.9 Å². The maximum atomic E-state index is 15.3. The highest BCUT2D eigenvalue weighted by Gasteiger charge is 2.55. The number of amides is 3. The van der Waals surface area contributed by atoms with E-state index >= 15 is 4.57 Å². The van der Waals surface area contributed by atoms with Crippen LogP contribution in [0.3, 0.4) is 0 Å². The van der Waals surface area contributed by atoms with Crippen LogP contribution >= 0.6 is 16.1 Å². The summed E-state index contributed by atoms with van der Waals surface area (Å²) < 4.78 is 79.3. The predicted octanol–water partition coefficient (Wildman–Crippen LogP) is 4.12. The van der Waals surface area contributed by atoms with Crippen molar-refractivity contribution >= 4 is 76.5 Å². The Bertz CT molecular complexity index is 3180. The molecule has 3 amide bonds. The Morgan fingerprint density at radius 2 is 1.44 bits per heavy atom. The van der Waals surface area contributed by atoms with Crippen LogP contribution in [0.15, 0.2) is 52.6 Å². The molecule has 1 aromatic carbocycles. The Morgan fingerprint density at radius 3 is 1.96 bits per heavy atom. The number of benzene rings is 1. The van der Waals surface area contributed by atoms with Gasteiger partial charge in [-0.2, -0.15) is 15.2 Å². The minimum atomic E-state index is -5.09. The number of imidazole rings is 2. The number of aliphatic hydroxyl groups is 1. The molecule has 2 aliphatic rings. The number of nitrogens with zero attached hydrogens (tertiary/aromatic N) is 7. The van der Waals surface area contributed by atoms with E-state index in [4.69, 9.17) is 36.7 Å². The van der Waals surface area contributed by atoms with Crippen LogP contribution < -0.4 is 27.1 Å². The molecular formula is C45H62N12O17P2Si. The van der Waals surface area contributed by atoms with Gasteiger partial charge in [0.1, 0.15) is 43.2 Å². The number of carbonyl (C=O) groups is 3. The molecule has 10 atom stereocenters. The van der Waals surface area contributed by atoms with Crippen LogP contribution in [-0.2, 0) is 62.1 Å². The van der Waals surface area contributed by atoms with E-state index in [1.54, 1.807) is 58.0 Å². The van der Waals surface area contributed by atoms with Gasteiger partial charge in [-0.3, -0.25) is 67.1 Å². The summed E-state index contributed by atoms with van der Waals surface area (Å²) in [4.78, 5) is 98.1. The molecule has 5 aromatic rings. The van der Waals surface area contributed by atoms with Crippen molar-refractivity contribution in [2.24, 2.45) is 11.8 Å². The van der Waals surface area contributed by atoms with Crippen LogP contribution in [0, 0.1) is 23.2 Å². The van der Waals surface area contributed by atoms with E-state index < -0.39 is 139 Å². The normalized spacial score (nSPS) is 23.0. The van der Waals surface area contributed by atoms with E-state index in [9.17, 15) is 43.8 Å². The van der Waals surface area contributed by atoms with E-state index in [2.05, 4.69) is 45.9 Å².